The Bertz CT molecular complexity index is 505. The minimum absolute atomic E-state index is 0.427. The van der Waals surface area contributed by atoms with E-state index in [1.165, 1.54) is 0 Å². The van der Waals surface area contributed by atoms with Crippen molar-refractivity contribution in [2.45, 2.75) is 23.3 Å². The highest BCUT2D eigenvalue weighted by Crippen LogP contribution is 2.55. The highest BCUT2D eigenvalue weighted by atomic mass is 32.2. The molecule has 4 nitrogen and oxygen atoms in total. The Hall–Kier alpha value is -1.45. The molecule has 96 valence electrons. The minimum Gasteiger partial charge on any atom is -0.495 e. The third-order valence-electron chi connectivity index (χ3n) is 3.19. The number of thioether (sulfide) groups is 1. The number of benzene rings is 1. The predicted octanol–water partition coefficient (Wildman–Crippen LogP) is 2.75. The first-order valence-electron chi connectivity index (χ1n) is 5.61. The summed E-state index contributed by atoms with van der Waals surface area (Å²) in [6, 6.07) is 3.81. The van der Waals surface area contributed by atoms with Crippen molar-refractivity contribution in [1.82, 2.24) is 0 Å². The molecular weight excluding hydrogens is 250 g/mol. The van der Waals surface area contributed by atoms with Crippen LogP contribution in [-0.4, -0.2) is 26.6 Å². The van der Waals surface area contributed by atoms with Gasteiger partial charge < -0.3 is 9.47 Å². The van der Waals surface area contributed by atoms with Crippen molar-refractivity contribution in [2.24, 2.45) is 4.99 Å². The molecule has 0 heterocycles. The summed E-state index contributed by atoms with van der Waals surface area (Å²) in [6.07, 6.45) is 5.35. The van der Waals surface area contributed by atoms with Gasteiger partial charge in [-0.15, -0.1) is 11.8 Å². The van der Waals surface area contributed by atoms with Crippen LogP contribution in [0.3, 0.4) is 0 Å². The number of hydrogen-bond donors (Lipinski definition) is 0. The van der Waals surface area contributed by atoms with Gasteiger partial charge in [0.2, 0.25) is 6.08 Å². The molecule has 18 heavy (non-hydrogen) atoms. The van der Waals surface area contributed by atoms with E-state index in [1.807, 2.05) is 18.4 Å². The third-order valence-corrected chi connectivity index (χ3v) is 3.98. The molecule has 0 aliphatic heterocycles. The summed E-state index contributed by atoms with van der Waals surface area (Å²) in [5, 5.41) is 0. The first-order valence-corrected chi connectivity index (χ1v) is 6.83. The quantitative estimate of drug-likeness (QED) is 0.466. The summed E-state index contributed by atoms with van der Waals surface area (Å²) >= 11 is 1.56. The lowest BCUT2D eigenvalue weighted by molar-refractivity contribution is 0.370. The van der Waals surface area contributed by atoms with Gasteiger partial charge in [-0.3, -0.25) is 0 Å². The van der Waals surface area contributed by atoms with Gasteiger partial charge in [0.15, 0.2) is 0 Å². The SMILES string of the molecule is COc1ccc(C2(N=C=O)CC2)c(OC)c1SC. The average molecular weight is 265 g/mol. The van der Waals surface area contributed by atoms with E-state index in [0.29, 0.717) is 0 Å². The van der Waals surface area contributed by atoms with E-state index >= 15 is 0 Å². The molecular formula is C13H15NO3S. The largest absolute Gasteiger partial charge is 0.495 e. The lowest BCUT2D eigenvalue weighted by Gasteiger charge is -2.18. The van der Waals surface area contributed by atoms with Crippen molar-refractivity contribution in [2.75, 3.05) is 20.5 Å². The van der Waals surface area contributed by atoms with Crippen LogP contribution in [0.25, 0.3) is 0 Å². The summed E-state index contributed by atoms with van der Waals surface area (Å²) in [5.41, 5.74) is 0.516. The molecule has 0 bridgehead atoms. The summed E-state index contributed by atoms with van der Waals surface area (Å²) in [7, 11) is 3.25. The number of ether oxygens (including phenoxy) is 2. The van der Waals surface area contributed by atoms with E-state index in [2.05, 4.69) is 4.99 Å². The van der Waals surface area contributed by atoms with Crippen molar-refractivity contribution < 1.29 is 14.3 Å². The Morgan fingerprint density at radius 3 is 2.50 bits per heavy atom. The number of isocyanates is 1. The average Bonchev–Trinajstić information content (AvgIpc) is 3.17. The van der Waals surface area contributed by atoms with Crippen molar-refractivity contribution in [3.05, 3.63) is 17.7 Å². The van der Waals surface area contributed by atoms with E-state index in [4.69, 9.17) is 9.47 Å². The van der Waals surface area contributed by atoms with Crippen LogP contribution in [0, 0.1) is 0 Å². The smallest absolute Gasteiger partial charge is 0.235 e. The maximum Gasteiger partial charge on any atom is 0.235 e. The molecule has 1 saturated carbocycles. The topological polar surface area (TPSA) is 47.9 Å². The molecule has 5 heteroatoms. The maximum atomic E-state index is 10.5. The second kappa shape index (κ2) is 5.04. The Morgan fingerprint density at radius 1 is 1.33 bits per heavy atom. The zero-order valence-electron chi connectivity index (χ0n) is 10.6. The fourth-order valence-corrected chi connectivity index (χ4v) is 2.85. The van der Waals surface area contributed by atoms with E-state index < -0.39 is 5.54 Å². The number of hydrogen-bond acceptors (Lipinski definition) is 5. The van der Waals surface area contributed by atoms with Gasteiger partial charge in [-0.1, -0.05) is 0 Å². The number of methoxy groups -OCH3 is 2. The molecule has 1 aliphatic carbocycles. The Balaban J connectivity index is 2.59. The molecule has 1 fully saturated rings. The number of rotatable bonds is 5. The summed E-state index contributed by atoms with van der Waals surface area (Å²) in [6.45, 7) is 0. The fraction of sp³-hybridized carbons (Fsp3) is 0.462. The molecule has 0 radical (unpaired) electrons. The molecule has 0 unspecified atom stereocenters. The van der Waals surface area contributed by atoms with Gasteiger partial charge in [-0.05, 0) is 31.2 Å². The van der Waals surface area contributed by atoms with Gasteiger partial charge in [0, 0.05) is 5.56 Å². The van der Waals surface area contributed by atoms with Gasteiger partial charge in [0.25, 0.3) is 0 Å². The monoisotopic (exact) mass is 265 g/mol. The van der Waals surface area contributed by atoms with Gasteiger partial charge in [-0.25, -0.2) is 4.79 Å². The number of nitrogens with zero attached hydrogens (tertiary/aromatic N) is 1. The molecule has 2 rings (SSSR count). The van der Waals surface area contributed by atoms with Gasteiger partial charge in [-0.2, -0.15) is 4.99 Å². The van der Waals surface area contributed by atoms with Crippen LogP contribution in [0.4, 0.5) is 0 Å². The normalized spacial score (nSPS) is 15.7. The zero-order valence-corrected chi connectivity index (χ0v) is 11.5. The van der Waals surface area contributed by atoms with Gasteiger partial charge in [0.1, 0.15) is 17.0 Å². The summed E-state index contributed by atoms with van der Waals surface area (Å²) in [4.78, 5) is 15.4. The number of aliphatic imine (C=N–C) groups is 1. The maximum absolute atomic E-state index is 10.5. The first-order chi connectivity index (χ1) is 8.72. The van der Waals surface area contributed by atoms with Crippen LogP contribution in [0.1, 0.15) is 18.4 Å². The summed E-state index contributed by atoms with van der Waals surface area (Å²) in [5.74, 6) is 1.52. The standard InChI is InChI=1S/C13H15NO3S/c1-16-10-5-4-9(11(17-2)12(10)18-3)13(6-7-13)14-8-15/h4-5H,6-7H2,1-3H3. The molecule has 0 saturated heterocycles. The van der Waals surface area contributed by atoms with Crippen LogP contribution in [0.15, 0.2) is 22.0 Å². The van der Waals surface area contributed by atoms with Crippen LogP contribution < -0.4 is 9.47 Å². The minimum atomic E-state index is -0.427. The van der Waals surface area contributed by atoms with Crippen molar-refractivity contribution in [3.63, 3.8) is 0 Å². The van der Waals surface area contributed by atoms with E-state index in [9.17, 15) is 4.79 Å². The molecule has 0 N–H and O–H groups in total. The summed E-state index contributed by atoms with van der Waals surface area (Å²) < 4.78 is 10.8. The van der Waals surface area contributed by atoms with E-state index in [-0.39, 0.29) is 0 Å². The van der Waals surface area contributed by atoms with Crippen molar-refractivity contribution >= 4 is 17.8 Å². The molecule has 0 amide bonds. The lowest BCUT2D eigenvalue weighted by Crippen LogP contribution is -2.06. The first kappa shape index (κ1) is 13.0. The fourth-order valence-electron chi connectivity index (χ4n) is 2.11. The van der Waals surface area contributed by atoms with E-state index in [0.717, 1.165) is 34.8 Å². The van der Waals surface area contributed by atoms with Crippen molar-refractivity contribution in [3.8, 4) is 11.5 Å². The van der Waals surface area contributed by atoms with Crippen LogP contribution in [-0.2, 0) is 10.3 Å². The van der Waals surface area contributed by atoms with Crippen LogP contribution in [0.2, 0.25) is 0 Å². The van der Waals surface area contributed by atoms with Gasteiger partial charge in [0.05, 0.1) is 19.1 Å². The van der Waals surface area contributed by atoms with Crippen molar-refractivity contribution in [1.29, 1.82) is 0 Å². The van der Waals surface area contributed by atoms with Gasteiger partial charge >= 0.3 is 0 Å². The number of carbonyl (C=O) groups excluding carboxylic acids is 1. The second-order valence-electron chi connectivity index (χ2n) is 4.12. The Kier molecular flexibility index (Phi) is 3.64. The molecule has 0 atom stereocenters. The van der Waals surface area contributed by atoms with Crippen LogP contribution >= 0.6 is 11.8 Å². The molecule has 0 spiro atoms. The molecule has 1 aliphatic rings. The predicted molar refractivity (Wildman–Crippen MR) is 70.4 cm³/mol. The molecule has 1 aromatic carbocycles. The van der Waals surface area contributed by atoms with E-state index in [1.54, 1.807) is 32.1 Å². The third kappa shape index (κ3) is 2.00. The highest BCUT2D eigenvalue weighted by molar-refractivity contribution is 7.98. The Morgan fingerprint density at radius 2 is 2.06 bits per heavy atom. The van der Waals surface area contributed by atoms with Crippen LogP contribution in [0.5, 0.6) is 11.5 Å². The highest BCUT2D eigenvalue weighted by Gasteiger charge is 2.47. The second-order valence-corrected chi connectivity index (χ2v) is 4.93. The lowest BCUT2D eigenvalue weighted by atomic mass is 10.0. The zero-order chi connectivity index (χ0) is 13.2. The Labute approximate surface area is 110 Å². The molecule has 0 aromatic heterocycles. The molecule has 1 aromatic rings.